The van der Waals surface area contributed by atoms with Gasteiger partial charge in [-0.1, -0.05) is 47.9 Å². The maximum absolute atomic E-state index is 5.34. The number of hydrogen-bond donors (Lipinski definition) is 1. The van der Waals surface area contributed by atoms with Crippen LogP contribution in [-0.4, -0.2) is 6.61 Å². The minimum atomic E-state index is 0.311. The fourth-order valence-electron chi connectivity index (χ4n) is 1.89. The minimum Gasteiger partial charge on any atom is -0.481 e. The molecule has 1 N–H and O–H groups in total. The summed E-state index contributed by atoms with van der Waals surface area (Å²) < 4.78 is 5.34. The smallest absolute Gasteiger partial charge is 0.148 e. The van der Waals surface area contributed by atoms with Gasteiger partial charge in [-0.2, -0.15) is 0 Å². The maximum Gasteiger partial charge on any atom is 0.148 e. The van der Waals surface area contributed by atoms with Crippen molar-refractivity contribution >= 4 is 0 Å². The first-order valence-corrected chi connectivity index (χ1v) is 6.69. The first-order chi connectivity index (χ1) is 9.78. The van der Waals surface area contributed by atoms with E-state index in [-0.39, 0.29) is 0 Å². The van der Waals surface area contributed by atoms with Crippen molar-refractivity contribution in [3.63, 3.8) is 0 Å². The molecule has 2 nitrogen and oxygen atoms in total. The van der Waals surface area contributed by atoms with Crippen molar-refractivity contribution in [2.24, 2.45) is 0 Å². The van der Waals surface area contributed by atoms with Gasteiger partial charge in [-0.05, 0) is 30.2 Å². The van der Waals surface area contributed by atoms with E-state index in [1.807, 2.05) is 24.3 Å². The molecule has 20 heavy (non-hydrogen) atoms. The van der Waals surface area contributed by atoms with Gasteiger partial charge in [0.05, 0.1) is 0 Å². The van der Waals surface area contributed by atoms with Crippen LogP contribution in [0.5, 0.6) is 5.75 Å². The average Bonchev–Trinajstić information content (AvgIpc) is 2.48. The average molecular weight is 265 g/mol. The van der Waals surface area contributed by atoms with Crippen LogP contribution in [0.3, 0.4) is 0 Å². The third kappa shape index (κ3) is 4.46. The molecule has 0 aliphatic carbocycles. The highest BCUT2D eigenvalue weighted by molar-refractivity contribution is 5.27. The maximum atomic E-state index is 5.34. The highest BCUT2D eigenvalue weighted by atomic mass is 16.5. The van der Waals surface area contributed by atoms with Crippen LogP contribution in [0.1, 0.15) is 16.7 Å². The fraction of sp³-hybridized carbons (Fsp3) is 0.222. The molecule has 0 aromatic heterocycles. The van der Waals surface area contributed by atoms with Crippen molar-refractivity contribution in [2.45, 2.75) is 20.0 Å². The van der Waals surface area contributed by atoms with Crippen LogP contribution in [0, 0.1) is 19.3 Å². The first kappa shape index (κ1) is 14.2. The van der Waals surface area contributed by atoms with Gasteiger partial charge in [-0.3, -0.25) is 0 Å². The first-order valence-electron chi connectivity index (χ1n) is 6.69. The van der Waals surface area contributed by atoms with E-state index in [2.05, 4.69) is 42.4 Å². The molecule has 0 fully saturated rings. The van der Waals surface area contributed by atoms with Crippen molar-refractivity contribution in [2.75, 3.05) is 6.61 Å². The number of aryl methyl sites for hydroxylation is 1. The Hall–Kier alpha value is -2.24. The number of terminal acetylenes is 1. The largest absolute Gasteiger partial charge is 0.481 e. The Balaban J connectivity index is 1.79. The van der Waals surface area contributed by atoms with Crippen molar-refractivity contribution < 1.29 is 4.74 Å². The van der Waals surface area contributed by atoms with Crippen LogP contribution < -0.4 is 10.1 Å². The molecule has 0 amide bonds. The zero-order valence-electron chi connectivity index (χ0n) is 11.7. The van der Waals surface area contributed by atoms with Gasteiger partial charge < -0.3 is 10.1 Å². The van der Waals surface area contributed by atoms with Crippen LogP contribution >= 0.6 is 0 Å². The van der Waals surface area contributed by atoms with Crippen LogP contribution in [0.2, 0.25) is 0 Å². The van der Waals surface area contributed by atoms with Crippen LogP contribution in [-0.2, 0) is 13.1 Å². The normalized spacial score (nSPS) is 10.0. The Morgan fingerprint density at radius 2 is 1.50 bits per heavy atom. The second-order valence-corrected chi connectivity index (χ2v) is 4.73. The molecule has 0 bridgehead atoms. The summed E-state index contributed by atoms with van der Waals surface area (Å²) >= 11 is 0. The Labute approximate surface area is 120 Å². The highest BCUT2D eigenvalue weighted by Crippen LogP contribution is 2.12. The molecule has 102 valence electrons. The minimum absolute atomic E-state index is 0.311. The zero-order valence-corrected chi connectivity index (χ0v) is 11.7. The molecule has 0 heterocycles. The van der Waals surface area contributed by atoms with Gasteiger partial charge in [0.15, 0.2) is 0 Å². The van der Waals surface area contributed by atoms with E-state index < -0.39 is 0 Å². The summed E-state index contributed by atoms with van der Waals surface area (Å²) in [5.74, 6) is 3.26. The molecule has 0 radical (unpaired) electrons. The number of benzene rings is 2. The van der Waals surface area contributed by atoms with Gasteiger partial charge >= 0.3 is 0 Å². The van der Waals surface area contributed by atoms with E-state index in [0.717, 1.165) is 18.8 Å². The van der Waals surface area contributed by atoms with Gasteiger partial charge in [-0.25, -0.2) is 0 Å². The van der Waals surface area contributed by atoms with E-state index in [1.54, 1.807) is 0 Å². The number of ether oxygens (including phenoxy) is 1. The Morgan fingerprint density at radius 1 is 0.950 bits per heavy atom. The molecule has 0 aliphatic rings. The summed E-state index contributed by atoms with van der Waals surface area (Å²) in [6.45, 7) is 4.12. The summed E-state index contributed by atoms with van der Waals surface area (Å²) in [6, 6.07) is 16.6. The summed E-state index contributed by atoms with van der Waals surface area (Å²) in [7, 11) is 0. The lowest BCUT2D eigenvalue weighted by Crippen LogP contribution is -2.12. The van der Waals surface area contributed by atoms with E-state index in [1.165, 1.54) is 16.7 Å². The lowest BCUT2D eigenvalue weighted by atomic mass is 10.1. The van der Waals surface area contributed by atoms with Crippen LogP contribution in [0.25, 0.3) is 0 Å². The van der Waals surface area contributed by atoms with Gasteiger partial charge in [0.2, 0.25) is 0 Å². The zero-order chi connectivity index (χ0) is 14.2. The Bertz CT molecular complexity index is 564. The Kier molecular flexibility index (Phi) is 5.23. The Morgan fingerprint density at radius 3 is 2.05 bits per heavy atom. The molecule has 2 heteroatoms. The van der Waals surface area contributed by atoms with Gasteiger partial charge in [0.25, 0.3) is 0 Å². The predicted octanol–water partition coefficient (Wildman–Crippen LogP) is 3.30. The second-order valence-electron chi connectivity index (χ2n) is 4.73. The monoisotopic (exact) mass is 265 g/mol. The van der Waals surface area contributed by atoms with Crippen molar-refractivity contribution in [3.05, 3.63) is 65.2 Å². The van der Waals surface area contributed by atoms with E-state index in [9.17, 15) is 0 Å². The summed E-state index contributed by atoms with van der Waals surface area (Å²) in [6.07, 6.45) is 5.15. The number of rotatable bonds is 6. The predicted molar refractivity (Wildman–Crippen MR) is 82.5 cm³/mol. The molecule has 0 saturated heterocycles. The van der Waals surface area contributed by atoms with Crippen LogP contribution in [0.15, 0.2) is 48.5 Å². The molecule has 0 saturated carbocycles. The van der Waals surface area contributed by atoms with Gasteiger partial charge in [0, 0.05) is 13.1 Å². The lowest BCUT2D eigenvalue weighted by Gasteiger charge is -2.07. The van der Waals surface area contributed by atoms with Gasteiger partial charge in [0.1, 0.15) is 12.4 Å². The fourth-order valence-corrected chi connectivity index (χ4v) is 1.89. The third-order valence-corrected chi connectivity index (χ3v) is 3.02. The quantitative estimate of drug-likeness (QED) is 0.809. The summed E-state index contributed by atoms with van der Waals surface area (Å²) in [5, 5.41) is 3.43. The molecule has 2 aromatic rings. The third-order valence-electron chi connectivity index (χ3n) is 3.02. The van der Waals surface area contributed by atoms with Crippen molar-refractivity contribution in [3.8, 4) is 18.1 Å². The standard InChI is InChI=1S/C18H19NO/c1-3-12-20-18-10-8-17(9-11-18)14-19-13-16-6-4-15(2)5-7-16/h1,4-11,19H,12-14H2,2H3. The number of hydrogen-bond acceptors (Lipinski definition) is 2. The molecule has 2 aromatic carbocycles. The second kappa shape index (κ2) is 7.37. The SMILES string of the molecule is C#CCOc1ccc(CNCc2ccc(C)cc2)cc1. The molecule has 0 aliphatic heterocycles. The highest BCUT2D eigenvalue weighted by Gasteiger charge is 1.96. The molecule has 0 atom stereocenters. The number of nitrogens with one attached hydrogen (secondary N) is 1. The summed E-state index contributed by atoms with van der Waals surface area (Å²) in [5.41, 5.74) is 3.81. The lowest BCUT2D eigenvalue weighted by molar-refractivity contribution is 0.370. The summed E-state index contributed by atoms with van der Waals surface area (Å²) in [4.78, 5) is 0. The van der Waals surface area contributed by atoms with Crippen molar-refractivity contribution in [1.82, 2.24) is 5.32 Å². The van der Waals surface area contributed by atoms with E-state index in [0.29, 0.717) is 6.61 Å². The van der Waals surface area contributed by atoms with E-state index >= 15 is 0 Å². The van der Waals surface area contributed by atoms with Gasteiger partial charge in [-0.15, -0.1) is 6.42 Å². The molecular formula is C18H19NO. The molecule has 2 rings (SSSR count). The van der Waals surface area contributed by atoms with Crippen LogP contribution in [0.4, 0.5) is 0 Å². The molecule has 0 unspecified atom stereocenters. The van der Waals surface area contributed by atoms with E-state index in [4.69, 9.17) is 11.2 Å². The topological polar surface area (TPSA) is 21.3 Å². The van der Waals surface area contributed by atoms with Crippen molar-refractivity contribution in [1.29, 1.82) is 0 Å². The molecular weight excluding hydrogens is 246 g/mol. The molecule has 0 spiro atoms.